The van der Waals surface area contributed by atoms with Gasteiger partial charge in [-0.2, -0.15) is 0 Å². The van der Waals surface area contributed by atoms with Crippen molar-refractivity contribution in [3.8, 4) is 0 Å². The maximum atomic E-state index is 4.75. The van der Waals surface area contributed by atoms with E-state index < -0.39 is 0 Å². The minimum Gasteiger partial charge on any atom is -0.630 e. The van der Waals surface area contributed by atoms with Gasteiger partial charge in [0, 0.05) is 38.6 Å². The Bertz CT molecular complexity index is 127. The summed E-state index contributed by atoms with van der Waals surface area (Å²) in [5.74, 6) is 0.750. The van der Waals surface area contributed by atoms with Crippen LogP contribution in [0.1, 0.15) is 12.8 Å². The zero-order valence-electron chi connectivity index (χ0n) is 4.72. The molecule has 8 heavy (non-hydrogen) atoms. The molecule has 0 aliphatic carbocycles. The third kappa shape index (κ3) is 2.06. The molecule has 1 rings (SSSR count). The van der Waals surface area contributed by atoms with E-state index in [4.69, 9.17) is 4.42 Å². The molecule has 0 amide bonds. The molecule has 1 radical (unpaired) electrons. The second kappa shape index (κ2) is 4.22. The van der Waals surface area contributed by atoms with Crippen molar-refractivity contribution in [3.05, 3.63) is 18.4 Å². The van der Waals surface area contributed by atoms with Gasteiger partial charge in [0.2, 0.25) is 0 Å². The molecule has 0 saturated heterocycles. The van der Waals surface area contributed by atoms with Gasteiger partial charge in [0.15, 0.2) is 0 Å². The number of hydrogen-bond donors (Lipinski definition) is 0. The van der Waals surface area contributed by atoms with Crippen LogP contribution in [0.2, 0.25) is 0 Å². The summed E-state index contributed by atoms with van der Waals surface area (Å²) in [6.07, 6.45) is 4.87. The number of aromatic nitrogens is 1. The smallest absolute Gasteiger partial charge is 0.0334 e. The molecular formula is C5H6NOY-. The van der Waals surface area contributed by atoms with Crippen LogP contribution in [0, 0.1) is 6.26 Å². The summed E-state index contributed by atoms with van der Waals surface area (Å²) < 4.78 is 4.75. The molecule has 0 spiro atoms. The predicted molar refractivity (Wildman–Crippen MR) is 24.7 cm³/mol. The van der Waals surface area contributed by atoms with Crippen molar-refractivity contribution in [2.45, 2.75) is 13.3 Å². The average molecular weight is 185 g/mol. The zero-order chi connectivity index (χ0) is 5.11. The maximum Gasteiger partial charge on any atom is 0.0334 e. The fourth-order valence-electron chi connectivity index (χ4n) is 0.383. The Labute approximate surface area is 73.6 Å². The molecule has 0 atom stereocenters. The largest absolute Gasteiger partial charge is 0.630 e. The van der Waals surface area contributed by atoms with Gasteiger partial charge in [-0.15, -0.1) is 0 Å². The van der Waals surface area contributed by atoms with Crippen molar-refractivity contribution in [1.82, 2.24) is 4.98 Å². The first-order valence-corrected chi connectivity index (χ1v) is 2.24. The molecule has 0 fully saturated rings. The van der Waals surface area contributed by atoms with Crippen LogP contribution in [0.4, 0.5) is 0 Å². The minimum atomic E-state index is 0. The van der Waals surface area contributed by atoms with Crippen molar-refractivity contribution in [2.24, 2.45) is 0 Å². The average Bonchev–Trinajstić information content (AvgIpc) is 2.14. The van der Waals surface area contributed by atoms with E-state index in [-0.39, 0.29) is 32.7 Å². The van der Waals surface area contributed by atoms with Gasteiger partial charge >= 0.3 is 0 Å². The molecule has 3 heteroatoms. The summed E-state index contributed by atoms with van der Waals surface area (Å²) in [7, 11) is 0. The first-order chi connectivity index (χ1) is 3.43. The Morgan fingerprint density at radius 1 is 1.88 bits per heavy atom. The summed E-state index contributed by atoms with van der Waals surface area (Å²) >= 11 is 0. The van der Waals surface area contributed by atoms with Gasteiger partial charge in [-0.05, 0) is 12.6 Å². The van der Waals surface area contributed by atoms with Crippen LogP contribution in [0.25, 0.3) is 0 Å². The van der Waals surface area contributed by atoms with E-state index in [9.17, 15) is 0 Å². The second-order valence-corrected chi connectivity index (χ2v) is 1.23. The maximum absolute atomic E-state index is 4.75. The van der Waals surface area contributed by atoms with E-state index >= 15 is 0 Å². The Morgan fingerprint density at radius 3 is 2.88 bits per heavy atom. The van der Waals surface area contributed by atoms with Crippen LogP contribution in [0.3, 0.4) is 0 Å². The molecule has 0 saturated carbocycles. The monoisotopic (exact) mass is 185 g/mol. The molecular weight excluding hydrogens is 179 g/mol. The summed E-state index contributed by atoms with van der Waals surface area (Å²) in [4.78, 5) is 3.81. The van der Waals surface area contributed by atoms with Crippen LogP contribution >= 0.6 is 0 Å². The SMILES string of the molecule is CCc1nc[c-]o1.[Y]. The van der Waals surface area contributed by atoms with E-state index in [0.717, 1.165) is 12.3 Å². The van der Waals surface area contributed by atoms with Crippen molar-refractivity contribution >= 4 is 0 Å². The first-order valence-electron chi connectivity index (χ1n) is 2.24. The van der Waals surface area contributed by atoms with Crippen LogP contribution in [0.5, 0.6) is 0 Å². The number of rotatable bonds is 1. The van der Waals surface area contributed by atoms with Crippen molar-refractivity contribution in [3.63, 3.8) is 0 Å². The van der Waals surface area contributed by atoms with Crippen LogP contribution in [-0.2, 0) is 39.1 Å². The fourth-order valence-corrected chi connectivity index (χ4v) is 0.383. The molecule has 1 aromatic rings. The Kier molecular flexibility index (Phi) is 4.38. The molecule has 1 aromatic heterocycles. The van der Waals surface area contributed by atoms with Crippen LogP contribution in [-0.4, -0.2) is 4.98 Å². The van der Waals surface area contributed by atoms with Gasteiger partial charge in [-0.25, -0.2) is 0 Å². The van der Waals surface area contributed by atoms with Crippen molar-refractivity contribution in [2.75, 3.05) is 0 Å². The standard InChI is InChI=1S/C5H6NO.Y/c1-2-5-6-3-4-7-5;/h3H,2H2,1H3;/q-1;. The predicted octanol–water partition coefficient (Wildman–Crippen LogP) is 1.03. The molecule has 0 unspecified atom stereocenters. The third-order valence-electron chi connectivity index (χ3n) is 0.740. The summed E-state index contributed by atoms with van der Waals surface area (Å²) in [5, 5.41) is 0. The Hall–Kier alpha value is 0.314. The van der Waals surface area contributed by atoms with Gasteiger partial charge < -0.3 is 9.40 Å². The van der Waals surface area contributed by atoms with Crippen molar-refractivity contribution < 1.29 is 37.1 Å². The second-order valence-electron chi connectivity index (χ2n) is 1.23. The number of hydrogen-bond acceptors (Lipinski definition) is 2. The summed E-state index contributed by atoms with van der Waals surface area (Å²) in [6.45, 7) is 1.99. The van der Waals surface area contributed by atoms with Crippen LogP contribution in [0.15, 0.2) is 10.6 Å². The molecule has 41 valence electrons. The fraction of sp³-hybridized carbons (Fsp3) is 0.400. The van der Waals surface area contributed by atoms with E-state index in [1.54, 1.807) is 0 Å². The number of aryl methyl sites for hydroxylation is 1. The van der Waals surface area contributed by atoms with Gasteiger partial charge in [-0.3, -0.25) is 0 Å². The third-order valence-corrected chi connectivity index (χ3v) is 0.740. The molecule has 2 nitrogen and oxygen atoms in total. The molecule has 1 heterocycles. The summed E-state index contributed by atoms with van der Waals surface area (Å²) in [6, 6.07) is 0. The van der Waals surface area contributed by atoms with Gasteiger partial charge in [-0.1, -0.05) is 13.2 Å². The number of nitrogens with zero attached hydrogens (tertiary/aromatic N) is 1. The molecule has 0 aliphatic heterocycles. The van der Waals surface area contributed by atoms with Crippen molar-refractivity contribution in [1.29, 1.82) is 0 Å². The van der Waals surface area contributed by atoms with Gasteiger partial charge in [0.05, 0.1) is 0 Å². The topological polar surface area (TPSA) is 26.0 Å². The molecule has 0 bridgehead atoms. The minimum absolute atomic E-state index is 0. The Balaban J connectivity index is 0.000000490. The quantitative estimate of drug-likeness (QED) is 0.610. The number of oxazole rings is 1. The van der Waals surface area contributed by atoms with E-state index in [0.29, 0.717) is 0 Å². The van der Waals surface area contributed by atoms with Crippen LogP contribution < -0.4 is 0 Å². The zero-order valence-corrected chi connectivity index (χ0v) is 7.56. The van der Waals surface area contributed by atoms with E-state index in [1.165, 1.54) is 6.20 Å². The first kappa shape index (κ1) is 8.31. The molecule has 0 aliphatic rings. The van der Waals surface area contributed by atoms with Gasteiger partial charge in [0.1, 0.15) is 0 Å². The normalized spacial score (nSPS) is 8.12. The molecule has 0 N–H and O–H groups in total. The van der Waals surface area contributed by atoms with Gasteiger partial charge in [0.25, 0.3) is 0 Å². The van der Waals surface area contributed by atoms with E-state index in [1.807, 2.05) is 6.92 Å². The van der Waals surface area contributed by atoms with E-state index in [2.05, 4.69) is 11.2 Å². The Morgan fingerprint density at radius 2 is 2.62 bits per heavy atom. The molecule has 0 aromatic carbocycles. The summed E-state index contributed by atoms with van der Waals surface area (Å²) in [5.41, 5.74) is 0.